The van der Waals surface area contributed by atoms with Crippen LogP contribution in [-0.4, -0.2) is 29.1 Å². The molecule has 1 amide bonds. The van der Waals surface area contributed by atoms with E-state index < -0.39 is 10.0 Å². The third-order valence-corrected chi connectivity index (χ3v) is 6.84. The number of aryl methyl sites for hydroxylation is 2. The second kappa shape index (κ2) is 9.88. The predicted octanol–water partition coefficient (Wildman–Crippen LogP) is 3.67. The summed E-state index contributed by atoms with van der Waals surface area (Å²) in [5, 5.41) is 6.97. The lowest BCUT2D eigenvalue weighted by Crippen LogP contribution is -2.22. The van der Waals surface area contributed by atoms with Crippen LogP contribution in [0.2, 0.25) is 0 Å². The minimum Gasteiger partial charge on any atom is -0.348 e. The molecule has 4 aromatic rings. The maximum atomic E-state index is 12.8. The Morgan fingerprint density at radius 3 is 2.32 bits per heavy atom. The number of benzene rings is 3. The Morgan fingerprint density at radius 2 is 1.65 bits per heavy atom. The van der Waals surface area contributed by atoms with Crippen molar-refractivity contribution in [1.82, 2.24) is 20.1 Å². The number of nitrogens with zero attached hydrogens (tertiary/aromatic N) is 3. The summed E-state index contributed by atoms with van der Waals surface area (Å²) in [6.07, 6.45) is 3.16. The molecule has 174 valence electrons. The number of nitrogens with one attached hydrogen (secondary N) is 2. The number of hydrogen-bond donors (Lipinski definition) is 2. The topological polar surface area (TPSA) is 106 Å². The first kappa shape index (κ1) is 23.2. The van der Waals surface area contributed by atoms with Gasteiger partial charge in [0, 0.05) is 17.8 Å². The van der Waals surface area contributed by atoms with Crippen LogP contribution in [0, 0.1) is 13.8 Å². The minimum absolute atomic E-state index is 0.238. The van der Waals surface area contributed by atoms with Crippen LogP contribution in [0.1, 0.15) is 32.6 Å². The van der Waals surface area contributed by atoms with Gasteiger partial charge in [0.15, 0.2) is 0 Å². The molecule has 4 rings (SSSR count). The zero-order chi connectivity index (χ0) is 24.1. The van der Waals surface area contributed by atoms with Crippen LogP contribution in [0.25, 0.3) is 0 Å². The molecule has 0 aliphatic rings. The first-order chi connectivity index (χ1) is 16.3. The molecule has 0 radical (unpaired) electrons. The van der Waals surface area contributed by atoms with Crippen molar-refractivity contribution in [3.8, 4) is 0 Å². The third-order valence-electron chi connectivity index (χ3n) is 5.32. The van der Waals surface area contributed by atoms with Gasteiger partial charge in [-0.3, -0.25) is 9.52 Å². The van der Waals surface area contributed by atoms with E-state index in [9.17, 15) is 13.2 Å². The molecule has 0 aliphatic heterocycles. The van der Waals surface area contributed by atoms with Gasteiger partial charge in [0.05, 0.1) is 11.4 Å². The van der Waals surface area contributed by atoms with E-state index in [1.165, 1.54) is 6.33 Å². The van der Waals surface area contributed by atoms with Crippen molar-refractivity contribution in [2.24, 2.45) is 0 Å². The van der Waals surface area contributed by atoms with Crippen molar-refractivity contribution in [2.45, 2.75) is 31.8 Å². The summed E-state index contributed by atoms with van der Waals surface area (Å²) in [7, 11) is -3.73. The fourth-order valence-corrected chi connectivity index (χ4v) is 4.83. The molecule has 0 unspecified atom stereocenters. The Hall–Kier alpha value is -3.98. The fourth-order valence-electron chi connectivity index (χ4n) is 3.44. The molecule has 8 nitrogen and oxygen atoms in total. The number of amides is 1. The second-order valence-electron chi connectivity index (χ2n) is 8.04. The minimum atomic E-state index is -3.73. The van der Waals surface area contributed by atoms with Gasteiger partial charge in [-0.05, 0) is 66.4 Å². The Labute approximate surface area is 198 Å². The number of rotatable bonds is 8. The predicted molar refractivity (Wildman–Crippen MR) is 130 cm³/mol. The molecule has 0 atom stereocenters. The van der Waals surface area contributed by atoms with E-state index in [0.29, 0.717) is 29.9 Å². The van der Waals surface area contributed by atoms with Crippen LogP contribution < -0.4 is 10.0 Å². The molecule has 9 heteroatoms. The summed E-state index contributed by atoms with van der Waals surface area (Å²) < 4.78 is 29.9. The van der Waals surface area contributed by atoms with Crippen molar-refractivity contribution >= 4 is 21.6 Å². The number of anilines is 1. The lowest BCUT2D eigenvalue weighted by atomic mass is 10.1. The highest BCUT2D eigenvalue weighted by molar-refractivity contribution is 7.92. The average molecular weight is 476 g/mol. The van der Waals surface area contributed by atoms with Gasteiger partial charge < -0.3 is 5.32 Å². The van der Waals surface area contributed by atoms with Gasteiger partial charge in [0.25, 0.3) is 15.9 Å². The molecule has 0 saturated carbocycles. The first-order valence-corrected chi connectivity index (χ1v) is 12.2. The maximum Gasteiger partial charge on any atom is 0.262 e. The van der Waals surface area contributed by atoms with Crippen LogP contribution in [0.4, 0.5) is 5.69 Å². The zero-order valence-corrected chi connectivity index (χ0v) is 19.7. The summed E-state index contributed by atoms with van der Waals surface area (Å²) in [6.45, 7) is 4.61. The number of hydrogen-bond acceptors (Lipinski definition) is 5. The van der Waals surface area contributed by atoms with Crippen molar-refractivity contribution in [2.75, 3.05) is 4.72 Å². The Kier molecular flexibility index (Phi) is 6.74. The van der Waals surface area contributed by atoms with Gasteiger partial charge >= 0.3 is 0 Å². The molecular formula is C25H25N5O3S. The Balaban J connectivity index is 1.34. The monoisotopic (exact) mass is 475 g/mol. The van der Waals surface area contributed by atoms with Crippen molar-refractivity contribution in [3.05, 3.63) is 107 Å². The zero-order valence-electron chi connectivity index (χ0n) is 18.9. The van der Waals surface area contributed by atoms with Gasteiger partial charge in [0.1, 0.15) is 12.7 Å². The molecule has 0 spiro atoms. The molecule has 0 fully saturated rings. The molecule has 1 aromatic heterocycles. The van der Waals surface area contributed by atoms with Crippen LogP contribution in [0.15, 0.2) is 84.3 Å². The van der Waals surface area contributed by atoms with Crippen LogP contribution >= 0.6 is 0 Å². The summed E-state index contributed by atoms with van der Waals surface area (Å²) >= 11 is 0. The maximum absolute atomic E-state index is 12.8. The average Bonchev–Trinajstić information content (AvgIpc) is 3.33. The molecule has 0 bridgehead atoms. The van der Waals surface area contributed by atoms with Crippen molar-refractivity contribution in [1.29, 1.82) is 0 Å². The van der Waals surface area contributed by atoms with Crippen molar-refractivity contribution < 1.29 is 13.2 Å². The first-order valence-electron chi connectivity index (χ1n) is 10.7. The second-order valence-corrected chi connectivity index (χ2v) is 9.69. The quantitative estimate of drug-likeness (QED) is 0.404. The van der Waals surface area contributed by atoms with E-state index in [1.807, 2.05) is 37.3 Å². The van der Waals surface area contributed by atoms with Gasteiger partial charge in [0.2, 0.25) is 0 Å². The lowest BCUT2D eigenvalue weighted by molar-refractivity contribution is 0.0951. The molecular weight excluding hydrogens is 450 g/mol. The summed E-state index contributed by atoms with van der Waals surface area (Å²) in [4.78, 5) is 16.7. The van der Waals surface area contributed by atoms with Gasteiger partial charge in [-0.2, -0.15) is 5.10 Å². The molecule has 1 heterocycles. The fraction of sp³-hybridized carbons (Fsp3) is 0.160. The largest absolute Gasteiger partial charge is 0.348 e. The van der Waals surface area contributed by atoms with E-state index in [1.54, 1.807) is 54.3 Å². The van der Waals surface area contributed by atoms with Gasteiger partial charge in [-0.1, -0.05) is 36.4 Å². The summed E-state index contributed by atoms with van der Waals surface area (Å²) in [5.41, 5.74) is 4.41. The van der Waals surface area contributed by atoms with Crippen molar-refractivity contribution in [3.63, 3.8) is 0 Å². The van der Waals surface area contributed by atoms with Crippen LogP contribution in [0.5, 0.6) is 0 Å². The smallest absolute Gasteiger partial charge is 0.262 e. The van der Waals surface area contributed by atoms with Crippen LogP contribution in [0.3, 0.4) is 0 Å². The number of carbonyl (C=O) groups excluding carboxylic acids is 1. The molecule has 0 aliphatic carbocycles. The van der Waals surface area contributed by atoms with Crippen LogP contribution in [-0.2, 0) is 23.1 Å². The third kappa shape index (κ3) is 5.68. The highest BCUT2D eigenvalue weighted by Gasteiger charge is 2.17. The van der Waals surface area contributed by atoms with E-state index >= 15 is 0 Å². The number of aromatic nitrogens is 3. The Bertz CT molecular complexity index is 1380. The van der Waals surface area contributed by atoms with E-state index in [-0.39, 0.29) is 10.8 Å². The molecule has 34 heavy (non-hydrogen) atoms. The lowest BCUT2D eigenvalue weighted by Gasteiger charge is -2.12. The summed E-state index contributed by atoms with van der Waals surface area (Å²) in [6, 6.07) is 19.5. The van der Waals surface area contributed by atoms with E-state index in [0.717, 1.165) is 16.7 Å². The molecule has 2 N–H and O–H groups in total. The number of sulfonamides is 1. The van der Waals surface area contributed by atoms with Gasteiger partial charge in [-0.15, -0.1) is 0 Å². The standard InChI is InChI=1S/C25H25N5O3S/c1-18-3-4-19(2)24(13-18)34(32,33)29-23-11-9-22(10-12-23)25(31)27-14-20-5-7-21(8-6-20)15-30-17-26-16-28-30/h3-13,16-17,29H,14-15H2,1-2H3,(H,27,31). The summed E-state index contributed by atoms with van der Waals surface area (Å²) in [5.74, 6) is -0.240. The van der Waals surface area contributed by atoms with Gasteiger partial charge in [-0.25, -0.2) is 18.1 Å². The van der Waals surface area contributed by atoms with E-state index in [4.69, 9.17) is 0 Å². The highest BCUT2D eigenvalue weighted by atomic mass is 32.2. The molecule has 0 saturated heterocycles. The SMILES string of the molecule is Cc1ccc(C)c(S(=O)(=O)Nc2ccc(C(=O)NCc3ccc(Cn4cncn4)cc3)cc2)c1. The Morgan fingerprint density at radius 1 is 0.941 bits per heavy atom. The van der Waals surface area contributed by atoms with E-state index in [2.05, 4.69) is 20.1 Å². The normalized spacial score (nSPS) is 11.2. The number of carbonyl (C=O) groups is 1. The highest BCUT2D eigenvalue weighted by Crippen LogP contribution is 2.21. The molecule has 3 aromatic carbocycles.